The van der Waals surface area contributed by atoms with Crippen molar-refractivity contribution in [2.24, 2.45) is 0 Å². The van der Waals surface area contributed by atoms with E-state index >= 15 is 0 Å². The number of allylic oxidation sites excluding steroid dienone is 3. The maximum Gasteiger partial charge on any atom is 0.305 e. The Morgan fingerprint density at radius 3 is 2.50 bits per heavy atom. The summed E-state index contributed by atoms with van der Waals surface area (Å²) in [5.74, 6) is 0.241. The van der Waals surface area contributed by atoms with Gasteiger partial charge in [-0.15, -0.1) is 0 Å². The minimum Gasteiger partial charge on any atom is -0.481 e. The minimum absolute atomic E-state index is 0.264. The molecule has 0 aliphatic heterocycles. The van der Waals surface area contributed by atoms with Crippen LogP contribution in [0.2, 0.25) is 10.0 Å². The lowest BCUT2D eigenvalue weighted by molar-refractivity contribution is -0.151. The number of ether oxygens (including phenoxy) is 2. The molecule has 0 aliphatic rings. The van der Waals surface area contributed by atoms with E-state index in [0.29, 0.717) is 22.2 Å². The van der Waals surface area contributed by atoms with Gasteiger partial charge in [-0.3, -0.25) is 4.79 Å². The fourth-order valence-corrected chi connectivity index (χ4v) is 2.62. The van der Waals surface area contributed by atoms with Gasteiger partial charge in [-0.2, -0.15) is 0 Å². The second-order valence-electron chi connectivity index (χ2n) is 5.28. The van der Waals surface area contributed by atoms with Crippen molar-refractivity contribution in [3.8, 4) is 5.75 Å². The van der Waals surface area contributed by atoms with Gasteiger partial charge < -0.3 is 9.47 Å². The molecule has 0 saturated heterocycles. The van der Waals surface area contributed by atoms with Crippen LogP contribution in [-0.2, 0) is 9.53 Å². The number of halogens is 2. The number of hydrogen-bond donors (Lipinski definition) is 0. The Morgan fingerprint density at radius 2 is 1.96 bits per heavy atom. The highest BCUT2D eigenvalue weighted by Gasteiger charge is 2.26. The highest BCUT2D eigenvalue weighted by atomic mass is 35.5. The van der Waals surface area contributed by atoms with E-state index in [2.05, 4.69) is 0 Å². The summed E-state index contributed by atoms with van der Waals surface area (Å²) in [6.07, 6.45) is 6.05. The lowest BCUT2D eigenvalue weighted by atomic mass is 10.0. The summed E-state index contributed by atoms with van der Waals surface area (Å²) in [6.45, 7) is 7.55. The van der Waals surface area contributed by atoms with Gasteiger partial charge in [0.05, 0.1) is 5.02 Å². The third kappa shape index (κ3) is 6.21. The third-order valence-electron chi connectivity index (χ3n) is 3.46. The molecule has 132 valence electrons. The first-order chi connectivity index (χ1) is 11.4. The summed E-state index contributed by atoms with van der Waals surface area (Å²) in [5.41, 5.74) is 1.01. The number of hydrogen-bond acceptors (Lipinski definition) is 3. The Hall–Kier alpha value is -1.45. The van der Waals surface area contributed by atoms with Crippen LogP contribution < -0.4 is 4.74 Å². The van der Waals surface area contributed by atoms with Gasteiger partial charge in [0.2, 0.25) is 0 Å². The Labute approximate surface area is 154 Å². The van der Waals surface area contributed by atoms with Crippen molar-refractivity contribution >= 4 is 29.2 Å². The summed E-state index contributed by atoms with van der Waals surface area (Å²) < 4.78 is 11.5. The fourth-order valence-electron chi connectivity index (χ4n) is 2.17. The zero-order valence-electron chi connectivity index (χ0n) is 14.5. The molecule has 0 aliphatic carbocycles. The molecule has 0 N–H and O–H groups in total. The summed E-state index contributed by atoms with van der Waals surface area (Å²) in [4.78, 5) is 11.7. The fraction of sp³-hybridized carbons (Fsp3) is 0.421. The molecule has 0 amide bonds. The van der Waals surface area contributed by atoms with Crippen molar-refractivity contribution in [1.29, 1.82) is 0 Å². The van der Waals surface area contributed by atoms with Gasteiger partial charge in [0.25, 0.3) is 0 Å². The normalized spacial score (nSPS) is 14.5. The maximum atomic E-state index is 11.7. The first-order valence-electron chi connectivity index (χ1n) is 8.05. The molecule has 0 radical (unpaired) electrons. The molecule has 1 aromatic rings. The molecule has 1 unspecified atom stereocenters. The number of benzene rings is 1. The predicted octanol–water partition coefficient (Wildman–Crippen LogP) is 6.00. The Balaban J connectivity index is 3.13. The van der Waals surface area contributed by atoms with E-state index in [1.807, 2.05) is 39.0 Å². The SMILES string of the molecule is C/C=C\C=C(/CC)[C@H](Oc1ccc(Cl)cc1Cl)C(C)OC(=O)CC. The molecule has 0 aromatic heterocycles. The van der Waals surface area contributed by atoms with Gasteiger partial charge in [0.15, 0.2) is 6.10 Å². The number of esters is 1. The van der Waals surface area contributed by atoms with E-state index in [1.165, 1.54) is 0 Å². The smallest absolute Gasteiger partial charge is 0.305 e. The average molecular weight is 371 g/mol. The third-order valence-corrected chi connectivity index (χ3v) is 3.99. The summed E-state index contributed by atoms with van der Waals surface area (Å²) in [7, 11) is 0. The molecule has 3 nitrogen and oxygen atoms in total. The summed E-state index contributed by atoms with van der Waals surface area (Å²) >= 11 is 12.1. The van der Waals surface area contributed by atoms with Crippen LogP contribution in [0.15, 0.2) is 42.0 Å². The lowest BCUT2D eigenvalue weighted by Gasteiger charge is -2.27. The van der Waals surface area contributed by atoms with Gasteiger partial charge in [0, 0.05) is 11.4 Å². The van der Waals surface area contributed by atoms with Crippen LogP contribution in [0.3, 0.4) is 0 Å². The average Bonchev–Trinajstić information content (AvgIpc) is 2.55. The van der Waals surface area contributed by atoms with Crippen molar-refractivity contribution in [1.82, 2.24) is 0 Å². The van der Waals surface area contributed by atoms with Crippen LogP contribution in [0, 0.1) is 0 Å². The Morgan fingerprint density at radius 1 is 1.25 bits per heavy atom. The highest BCUT2D eigenvalue weighted by Crippen LogP contribution is 2.31. The number of carbonyl (C=O) groups is 1. The highest BCUT2D eigenvalue weighted by molar-refractivity contribution is 6.35. The van der Waals surface area contributed by atoms with Gasteiger partial charge in [-0.25, -0.2) is 0 Å². The molecule has 24 heavy (non-hydrogen) atoms. The van der Waals surface area contributed by atoms with Crippen LogP contribution in [0.4, 0.5) is 0 Å². The van der Waals surface area contributed by atoms with Gasteiger partial charge in [0.1, 0.15) is 11.9 Å². The molecular formula is C19H24Cl2O3. The molecule has 0 heterocycles. The molecular weight excluding hydrogens is 347 g/mol. The molecule has 0 bridgehead atoms. The second kappa shape index (κ2) is 10.4. The van der Waals surface area contributed by atoms with Gasteiger partial charge >= 0.3 is 5.97 Å². The molecule has 5 heteroatoms. The van der Waals surface area contributed by atoms with E-state index in [1.54, 1.807) is 25.1 Å². The standard InChI is InChI=1S/C19H24Cl2O3/c1-5-8-9-14(6-2)19(13(4)23-18(22)7-3)24-17-11-10-15(20)12-16(17)21/h5,8-13,19H,6-7H2,1-4H3/b8-5-,14-9+/t13?,19-/m1/s1. The monoisotopic (exact) mass is 370 g/mol. The van der Waals surface area contributed by atoms with Crippen LogP contribution in [-0.4, -0.2) is 18.2 Å². The van der Waals surface area contributed by atoms with Crippen LogP contribution in [0.1, 0.15) is 40.5 Å². The molecule has 0 spiro atoms. The number of rotatable bonds is 8. The van der Waals surface area contributed by atoms with Crippen molar-refractivity contribution in [2.45, 2.75) is 52.7 Å². The summed E-state index contributed by atoms with van der Waals surface area (Å²) in [6, 6.07) is 5.05. The molecule has 2 atom stereocenters. The molecule has 0 fully saturated rings. The predicted molar refractivity (Wildman–Crippen MR) is 99.9 cm³/mol. The first kappa shape index (κ1) is 20.6. The molecule has 1 aromatic carbocycles. The van der Waals surface area contributed by atoms with Crippen molar-refractivity contribution in [3.05, 3.63) is 52.0 Å². The van der Waals surface area contributed by atoms with Gasteiger partial charge in [-0.05, 0) is 44.0 Å². The quantitative estimate of drug-likeness (QED) is 0.416. The van der Waals surface area contributed by atoms with E-state index < -0.39 is 12.2 Å². The van der Waals surface area contributed by atoms with E-state index in [4.69, 9.17) is 32.7 Å². The van der Waals surface area contributed by atoms with E-state index in [9.17, 15) is 4.79 Å². The maximum absolute atomic E-state index is 11.7. The Bertz CT molecular complexity index is 609. The van der Waals surface area contributed by atoms with Gasteiger partial charge in [-0.1, -0.05) is 55.3 Å². The van der Waals surface area contributed by atoms with Crippen LogP contribution in [0.5, 0.6) is 5.75 Å². The number of carbonyl (C=O) groups excluding carboxylic acids is 1. The van der Waals surface area contributed by atoms with Crippen LogP contribution >= 0.6 is 23.2 Å². The largest absolute Gasteiger partial charge is 0.481 e. The van der Waals surface area contributed by atoms with Crippen molar-refractivity contribution in [3.63, 3.8) is 0 Å². The first-order valence-corrected chi connectivity index (χ1v) is 8.81. The van der Waals surface area contributed by atoms with Crippen LogP contribution in [0.25, 0.3) is 0 Å². The zero-order valence-corrected chi connectivity index (χ0v) is 16.0. The second-order valence-corrected chi connectivity index (χ2v) is 6.13. The Kier molecular flexibility index (Phi) is 8.94. The van der Waals surface area contributed by atoms with Crippen molar-refractivity contribution < 1.29 is 14.3 Å². The minimum atomic E-state index is -0.444. The molecule has 0 saturated carbocycles. The van der Waals surface area contributed by atoms with E-state index in [0.717, 1.165) is 12.0 Å². The summed E-state index contributed by atoms with van der Waals surface area (Å²) in [5, 5.41) is 0.956. The van der Waals surface area contributed by atoms with Crippen molar-refractivity contribution in [2.75, 3.05) is 0 Å². The zero-order chi connectivity index (χ0) is 18.1. The topological polar surface area (TPSA) is 35.5 Å². The molecule has 1 rings (SSSR count). The van der Waals surface area contributed by atoms with E-state index in [-0.39, 0.29) is 5.97 Å². The lowest BCUT2D eigenvalue weighted by Crippen LogP contribution is -2.35.